The van der Waals surface area contributed by atoms with Crippen molar-refractivity contribution in [3.8, 4) is 0 Å². The predicted octanol–water partition coefficient (Wildman–Crippen LogP) is 5.84. The van der Waals surface area contributed by atoms with Crippen LogP contribution in [-0.2, 0) is 11.8 Å². The van der Waals surface area contributed by atoms with Crippen LogP contribution in [0.2, 0.25) is 0 Å². The van der Waals surface area contributed by atoms with E-state index in [4.69, 9.17) is 0 Å². The van der Waals surface area contributed by atoms with Gasteiger partial charge < -0.3 is 4.98 Å². The van der Waals surface area contributed by atoms with Crippen molar-refractivity contribution in [2.75, 3.05) is 0 Å². The van der Waals surface area contributed by atoms with Crippen molar-refractivity contribution in [2.24, 2.45) is 0 Å². The second-order valence-electron chi connectivity index (χ2n) is 8.03. The molecule has 0 aliphatic heterocycles. The average molecular weight is 348 g/mol. The lowest BCUT2D eigenvalue weighted by atomic mass is 9.70. The minimum absolute atomic E-state index is 0.0687. The highest BCUT2D eigenvalue weighted by Crippen LogP contribution is 2.45. The Hall–Kier alpha value is -2.62. The molecule has 4 nitrogen and oxygen atoms in total. The molecule has 0 fully saturated rings. The third-order valence-electron chi connectivity index (χ3n) is 5.89. The quantitative estimate of drug-likeness (QED) is 0.467. The molecule has 0 radical (unpaired) electrons. The number of nitrogens with one attached hydrogen (secondary N) is 1. The Morgan fingerprint density at radius 3 is 2.73 bits per heavy atom. The van der Waals surface area contributed by atoms with Gasteiger partial charge in [-0.15, -0.1) is 0 Å². The molecule has 1 atom stereocenters. The number of aromatic nitrogens is 1. The second-order valence-corrected chi connectivity index (χ2v) is 8.03. The molecule has 26 heavy (non-hydrogen) atoms. The fourth-order valence-corrected chi connectivity index (χ4v) is 4.68. The van der Waals surface area contributed by atoms with Crippen LogP contribution >= 0.6 is 0 Å². The Morgan fingerprint density at radius 2 is 2.00 bits per heavy atom. The monoisotopic (exact) mass is 348 g/mol. The minimum Gasteiger partial charge on any atom is -0.358 e. The van der Waals surface area contributed by atoms with Crippen LogP contribution in [0.15, 0.2) is 42.5 Å². The zero-order valence-electron chi connectivity index (χ0n) is 15.5. The van der Waals surface area contributed by atoms with Crippen molar-refractivity contribution >= 4 is 16.6 Å². The summed E-state index contributed by atoms with van der Waals surface area (Å²) in [5, 5.41) is 12.3. The van der Waals surface area contributed by atoms with E-state index in [9.17, 15) is 10.1 Å². The SMILES string of the molecule is CCC1CC(C)(C)c2ccccc2Cc2[nH]c3ccc([N+](=O)[O-])cc3c21. The first-order chi connectivity index (χ1) is 12.4. The lowest BCUT2D eigenvalue weighted by molar-refractivity contribution is -0.384. The van der Waals surface area contributed by atoms with E-state index in [1.165, 1.54) is 22.4 Å². The summed E-state index contributed by atoms with van der Waals surface area (Å²) < 4.78 is 0. The predicted molar refractivity (Wildman–Crippen MR) is 105 cm³/mol. The standard InChI is InChI=1S/C22H24N2O2/c1-4-14-13-22(2,3)18-8-6-5-7-15(18)11-20-21(14)17-12-16(24(25)26)9-10-19(17)23-20/h5-10,12,14,23H,4,11,13H2,1-3H3. The maximum Gasteiger partial charge on any atom is 0.270 e. The van der Waals surface area contributed by atoms with Crippen LogP contribution in [0.5, 0.6) is 0 Å². The van der Waals surface area contributed by atoms with Gasteiger partial charge in [-0.3, -0.25) is 10.1 Å². The number of aromatic amines is 1. The van der Waals surface area contributed by atoms with Crippen molar-refractivity contribution in [3.63, 3.8) is 0 Å². The van der Waals surface area contributed by atoms with Gasteiger partial charge in [-0.1, -0.05) is 45.0 Å². The van der Waals surface area contributed by atoms with Gasteiger partial charge in [-0.05, 0) is 46.9 Å². The number of nitrogens with zero attached hydrogens (tertiary/aromatic N) is 1. The largest absolute Gasteiger partial charge is 0.358 e. The molecule has 3 aromatic rings. The zero-order valence-corrected chi connectivity index (χ0v) is 15.5. The molecule has 1 aromatic heterocycles. The molecule has 0 saturated carbocycles. The fourth-order valence-electron chi connectivity index (χ4n) is 4.68. The number of non-ortho nitro benzene ring substituents is 1. The Labute approximate surface area is 153 Å². The van der Waals surface area contributed by atoms with Gasteiger partial charge in [0.1, 0.15) is 0 Å². The molecule has 0 bridgehead atoms. The van der Waals surface area contributed by atoms with Crippen LogP contribution in [0.25, 0.3) is 10.9 Å². The van der Waals surface area contributed by atoms with E-state index < -0.39 is 0 Å². The average Bonchev–Trinajstić information content (AvgIpc) is 2.95. The van der Waals surface area contributed by atoms with E-state index in [-0.39, 0.29) is 16.0 Å². The normalized spacial score (nSPS) is 18.7. The number of rotatable bonds is 2. The van der Waals surface area contributed by atoms with E-state index in [0.29, 0.717) is 5.92 Å². The second kappa shape index (κ2) is 5.97. The van der Waals surface area contributed by atoms with Gasteiger partial charge >= 0.3 is 0 Å². The Balaban J connectivity index is 1.98. The third kappa shape index (κ3) is 2.61. The summed E-state index contributed by atoms with van der Waals surface area (Å²) in [4.78, 5) is 14.5. The van der Waals surface area contributed by atoms with Gasteiger partial charge in [0.15, 0.2) is 0 Å². The molecule has 0 saturated heterocycles. The molecule has 1 unspecified atom stereocenters. The molecule has 0 spiro atoms. The summed E-state index contributed by atoms with van der Waals surface area (Å²) in [7, 11) is 0. The van der Waals surface area contributed by atoms with E-state index in [2.05, 4.69) is 50.0 Å². The first-order valence-electron chi connectivity index (χ1n) is 9.28. The summed E-state index contributed by atoms with van der Waals surface area (Å²) in [6, 6.07) is 13.9. The van der Waals surface area contributed by atoms with E-state index in [1.54, 1.807) is 12.1 Å². The number of hydrogen-bond donors (Lipinski definition) is 1. The lowest BCUT2D eigenvalue weighted by Crippen LogP contribution is -2.25. The fraction of sp³-hybridized carbons (Fsp3) is 0.364. The third-order valence-corrected chi connectivity index (χ3v) is 5.89. The van der Waals surface area contributed by atoms with Crippen LogP contribution in [-0.4, -0.2) is 9.91 Å². The summed E-state index contributed by atoms with van der Waals surface area (Å²) in [5.41, 5.74) is 6.46. The first kappa shape index (κ1) is 16.8. The first-order valence-corrected chi connectivity index (χ1v) is 9.28. The van der Waals surface area contributed by atoms with E-state index in [0.717, 1.165) is 30.2 Å². The molecular formula is C22H24N2O2. The molecule has 0 amide bonds. The highest BCUT2D eigenvalue weighted by molar-refractivity contribution is 5.87. The highest BCUT2D eigenvalue weighted by atomic mass is 16.6. The van der Waals surface area contributed by atoms with Crippen molar-refractivity contribution in [1.29, 1.82) is 0 Å². The summed E-state index contributed by atoms with van der Waals surface area (Å²) in [6.07, 6.45) is 2.89. The summed E-state index contributed by atoms with van der Waals surface area (Å²) in [5.74, 6) is 0.379. The van der Waals surface area contributed by atoms with E-state index in [1.807, 2.05) is 6.07 Å². The molecule has 4 heteroatoms. The highest BCUT2D eigenvalue weighted by Gasteiger charge is 2.33. The molecule has 2 aromatic carbocycles. The number of H-pyrrole nitrogens is 1. The number of fused-ring (bicyclic) bond motifs is 4. The summed E-state index contributed by atoms with van der Waals surface area (Å²) in [6.45, 7) is 6.85. The van der Waals surface area contributed by atoms with Gasteiger partial charge in [-0.25, -0.2) is 0 Å². The topological polar surface area (TPSA) is 58.9 Å². The van der Waals surface area contributed by atoms with Crippen LogP contribution in [0.4, 0.5) is 5.69 Å². The Morgan fingerprint density at radius 1 is 1.23 bits per heavy atom. The molecular weight excluding hydrogens is 324 g/mol. The summed E-state index contributed by atoms with van der Waals surface area (Å²) >= 11 is 0. The van der Waals surface area contributed by atoms with Crippen LogP contribution in [0, 0.1) is 10.1 Å². The van der Waals surface area contributed by atoms with Gasteiger partial charge in [-0.2, -0.15) is 0 Å². The maximum absolute atomic E-state index is 11.3. The van der Waals surface area contributed by atoms with E-state index >= 15 is 0 Å². The van der Waals surface area contributed by atoms with Crippen LogP contribution in [0.1, 0.15) is 61.9 Å². The van der Waals surface area contributed by atoms with Gasteiger partial charge in [0.05, 0.1) is 4.92 Å². The molecule has 134 valence electrons. The molecule has 1 N–H and O–H groups in total. The molecule has 1 aliphatic rings. The number of hydrogen-bond acceptors (Lipinski definition) is 2. The molecule has 4 rings (SSSR count). The Bertz CT molecular complexity index is 1000. The number of nitro benzene ring substituents is 1. The lowest BCUT2D eigenvalue weighted by Gasteiger charge is -2.34. The van der Waals surface area contributed by atoms with Crippen molar-refractivity contribution in [1.82, 2.24) is 4.98 Å². The van der Waals surface area contributed by atoms with Crippen molar-refractivity contribution in [3.05, 3.63) is 75.0 Å². The zero-order chi connectivity index (χ0) is 18.5. The van der Waals surface area contributed by atoms with Gasteiger partial charge in [0, 0.05) is 35.2 Å². The smallest absolute Gasteiger partial charge is 0.270 e. The molecule has 1 aliphatic carbocycles. The minimum atomic E-state index is -0.304. The molecule has 1 heterocycles. The van der Waals surface area contributed by atoms with Crippen molar-refractivity contribution < 1.29 is 4.92 Å². The van der Waals surface area contributed by atoms with Gasteiger partial charge in [0.25, 0.3) is 5.69 Å². The van der Waals surface area contributed by atoms with Gasteiger partial charge in [0.2, 0.25) is 0 Å². The van der Waals surface area contributed by atoms with Crippen LogP contribution in [0.3, 0.4) is 0 Å². The number of benzene rings is 2. The van der Waals surface area contributed by atoms with Crippen molar-refractivity contribution in [2.45, 2.75) is 51.4 Å². The van der Waals surface area contributed by atoms with Crippen LogP contribution < -0.4 is 0 Å². The number of nitro groups is 1. The maximum atomic E-state index is 11.3. The Kier molecular flexibility index (Phi) is 3.87.